The van der Waals surface area contributed by atoms with Crippen LogP contribution in [0.1, 0.15) is 163 Å². The van der Waals surface area contributed by atoms with E-state index < -0.39 is 35.9 Å². The van der Waals surface area contributed by atoms with Crippen LogP contribution in [0.4, 0.5) is 4.79 Å². The lowest BCUT2D eigenvalue weighted by molar-refractivity contribution is -0.139. The van der Waals surface area contributed by atoms with Crippen LogP contribution in [0.3, 0.4) is 0 Å². The molecule has 8 heteroatoms. The summed E-state index contributed by atoms with van der Waals surface area (Å²) in [5, 5.41) is 33.5. The molecule has 3 atom stereocenters. The molecular weight excluding hydrogens is 532 g/mol. The van der Waals surface area contributed by atoms with E-state index in [-0.39, 0.29) is 0 Å². The second-order valence-corrected chi connectivity index (χ2v) is 13.3. The fourth-order valence-corrected chi connectivity index (χ4v) is 5.28. The van der Waals surface area contributed by atoms with Crippen LogP contribution in [0.25, 0.3) is 0 Å². The zero-order valence-corrected chi connectivity index (χ0v) is 28.0. The molecule has 0 heterocycles. The molecule has 42 heavy (non-hydrogen) atoms. The van der Waals surface area contributed by atoms with Gasteiger partial charge in [-0.1, -0.05) is 110 Å². The van der Waals surface area contributed by atoms with Crippen LogP contribution in [0.5, 0.6) is 0 Å². The third-order valence-corrected chi connectivity index (χ3v) is 7.68. The Hall–Kier alpha value is -1.38. The van der Waals surface area contributed by atoms with Crippen LogP contribution >= 0.6 is 0 Å². The highest BCUT2D eigenvalue weighted by molar-refractivity contribution is 5.79. The first-order valence-electron chi connectivity index (χ1n) is 17.3. The van der Waals surface area contributed by atoms with Gasteiger partial charge < -0.3 is 25.4 Å². The molecule has 0 spiro atoms. The van der Waals surface area contributed by atoms with Crippen molar-refractivity contribution in [1.29, 1.82) is 0 Å². The lowest BCUT2D eigenvalue weighted by Gasteiger charge is -2.28. The minimum atomic E-state index is -1.08. The maximum Gasteiger partial charge on any atom is 0.408 e. The highest BCUT2D eigenvalue weighted by atomic mass is 16.6. The quantitative estimate of drug-likeness (QED) is 0.0676. The molecule has 0 aromatic carbocycles. The van der Waals surface area contributed by atoms with Gasteiger partial charge in [0, 0.05) is 13.1 Å². The Bertz CT molecular complexity index is 654. The van der Waals surface area contributed by atoms with Crippen LogP contribution in [0, 0.1) is 0 Å². The van der Waals surface area contributed by atoms with Gasteiger partial charge >= 0.3 is 12.1 Å². The molecule has 0 aromatic rings. The summed E-state index contributed by atoms with van der Waals surface area (Å²) in [6.45, 7) is 11.4. The van der Waals surface area contributed by atoms with Crippen molar-refractivity contribution in [3.05, 3.63) is 0 Å². The van der Waals surface area contributed by atoms with E-state index >= 15 is 0 Å². The summed E-state index contributed by atoms with van der Waals surface area (Å²) in [5.74, 6) is -1.08. The number of carboxylic acids is 1. The maximum absolute atomic E-state index is 12.1. The molecule has 0 aliphatic carbocycles. The van der Waals surface area contributed by atoms with E-state index in [1.54, 1.807) is 20.8 Å². The molecule has 250 valence electrons. The Labute approximate surface area is 258 Å². The van der Waals surface area contributed by atoms with E-state index in [9.17, 15) is 24.9 Å². The molecule has 4 N–H and O–H groups in total. The third kappa shape index (κ3) is 26.3. The number of hydrogen-bond donors (Lipinski definition) is 4. The fraction of sp³-hybridized carbons (Fsp3) is 0.941. The summed E-state index contributed by atoms with van der Waals surface area (Å²) in [6, 6.07) is -1.01. The third-order valence-electron chi connectivity index (χ3n) is 7.68. The number of amides is 1. The number of aliphatic hydroxyl groups is 2. The van der Waals surface area contributed by atoms with E-state index in [1.807, 2.05) is 0 Å². The van der Waals surface area contributed by atoms with E-state index in [2.05, 4.69) is 24.1 Å². The lowest BCUT2D eigenvalue weighted by atomic mass is 10.0. The minimum absolute atomic E-state index is 0.295. The second-order valence-electron chi connectivity index (χ2n) is 13.3. The second kappa shape index (κ2) is 26.1. The van der Waals surface area contributed by atoms with E-state index in [0.717, 1.165) is 38.5 Å². The van der Waals surface area contributed by atoms with Crippen molar-refractivity contribution in [3.8, 4) is 0 Å². The van der Waals surface area contributed by atoms with Crippen molar-refractivity contribution in [2.24, 2.45) is 0 Å². The molecular formula is C34H68N2O6. The highest BCUT2D eigenvalue weighted by Gasteiger charge is 2.24. The summed E-state index contributed by atoms with van der Waals surface area (Å²) in [6.07, 6.45) is 19.9. The number of unbranched alkanes of at least 4 members (excludes halogenated alkanes) is 14. The average Bonchev–Trinajstić information content (AvgIpc) is 2.90. The van der Waals surface area contributed by atoms with Crippen molar-refractivity contribution < 1.29 is 29.6 Å². The van der Waals surface area contributed by atoms with Crippen LogP contribution in [-0.2, 0) is 9.53 Å². The Morgan fingerprint density at radius 3 is 1.48 bits per heavy atom. The van der Waals surface area contributed by atoms with Gasteiger partial charge in [0.15, 0.2) is 0 Å². The van der Waals surface area contributed by atoms with Gasteiger partial charge in [0.05, 0.1) is 12.2 Å². The zero-order valence-electron chi connectivity index (χ0n) is 28.0. The number of carbonyl (C=O) groups excluding carboxylic acids is 1. The number of nitrogens with zero attached hydrogens (tertiary/aromatic N) is 1. The Kier molecular flexibility index (Phi) is 25.2. The number of hydrogen-bond acceptors (Lipinski definition) is 6. The van der Waals surface area contributed by atoms with Gasteiger partial charge in [0.2, 0.25) is 0 Å². The van der Waals surface area contributed by atoms with Gasteiger partial charge in [0.25, 0.3) is 0 Å². The summed E-state index contributed by atoms with van der Waals surface area (Å²) in [4.78, 5) is 25.9. The lowest BCUT2D eigenvalue weighted by Crippen LogP contribution is -2.43. The minimum Gasteiger partial charge on any atom is -0.480 e. The summed E-state index contributed by atoms with van der Waals surface area (Å²) in [7, 11) is 0. The van der Waals surface area contributed by atoms with Crippen molar-refractivity contribution in [3.63, 3.8) is 0 Å². The molecule has 0 rings (SSSR count). The fourth-order valence-electron chi connectivity index (χ4n) is 5.28. The standard InChI is InChI=1S/C34H68N2O6/c1-6-8-10-12-14-16-18-20-24-30(38)28-36(27-29(37)23-19-17-15-13-11-9-7-2)26-22-21-25-31(32(39)40)35-33(41)42-34(3,4)5/h29-31,37-38H,6-28H2,1-5H3,(H,35,41)(H,39,40)/t29-,30-,31+/m0/s1. The molecule has 0 saturated heterocycles. The van der Waals surface area contributed by atoms with Crippen molar-refractivity contribution in [1.82, 2.24) is 10.2 Å². The molecule has 0 aliphatic heterocycles. The normalized spacial score (nSPS) is 14.1. The Morgan fingerprint density at radius 2 is 1.07 bits per heavy atom. The molecule has 0 aliphatic rings. The van der Waals surface area contributed by atoms with Gasteiger partial charge in [-0.05, 0) is 59.4 Å². The first-order valence-corrected chi connectivity index (χ1v) is 17.3. The van der Waals surface area contributed by atoms with E-state index in [1.165, 1.54) is 70.6 Å². The summed E-state index contributed by atoms with van der Waals surface area (Å²) < 4.78 is 5.21. The topological polar surface area (TPSA) is 119 Å². The van der Waals surface area contributed by atoms with Crippen molar-refractivity contribution in [2.75, 3.05) is 19.6 Å². The van der Waals surface area contributed by atoms with E-state index in [4.69, 9.17) is 4.74 Å². The number of carbonyl (C=O) groups is 2. The molecule has 0 radical (unpaired) electrons. The number of nitrogens with one attached hydrogen (secondary N) is 1. The monoisotopic (exact) mass is 601 g/mol. The van der Waals surface area contributed by atoms with Crippen molar-refractivity contribution in [2.45, 2.75) is 187 Å². The molecule has 0 saturated carbocycles. The van der Waals surface area contributed by atoms with Gasteiger partial charge in [-0.2, -0.15) is 0 Å². The van der Waals surface area contributed by atoms with Gasteiger partial charge in [-0.25, -0.2) is 9.59 Å². The predicted octanol–water partition coefficient (Wildman–Crippen LogP) is 7.83. The van der Waals surface area contributed by atoms with E-state index in [0.29, 0.717) is 38.9 Å². The molecule has 8 nitrogen and oxygen atoms in total. The zero-order chi connectivity index (χ0) is 31.6. The first kappa shape index (κ1) is 40.6. The Balaban J connectivity index is 4.68. The number of carboxylic acid groups (broad SMARTS) is 1. The van der Waals surface area contributed by atoms with Gasteiger partial charge in [-0.15, -0.1) is 0 Å². The van der Waals surface area contributed by atoms with Crippen molar-refractivity contribution >= 4 is 12.1 Å². The number of rotatable bonds is 28. The SMILES string of the molecule is CCCCCCCCCC[C@H](O)CN(CCCC[C@@H](NC(=O)OC(C)(C)C)C(=O)O)C[C@@H](O)CCCCCCCCC. The highest BCUT2D eigenvalue weighted by Crippen LogP contribution is 2.15. The molecule has 0 aromatic heterocycles. The number of alkyl carbamates (subject to hydrolysis) is 1. The maximum atomic E-state index is 12.1. The molecule has 1 amide bonds. The van der Waals surface area contributed by atoms with Gasteiger partial charge in [0.1, 0.15) is 11.6 Å². The smallest absolute Gasteiger partial charge is 0.408 e. The summed E-state index contributed by atoms with van der Waals surface area (Å²) >= 11 is 0. The Morgan fingerprint density at radius 1 is 0.667 bits per heavy atom. The molecule has 0 bridgehead atoms. The molecule has 0 fully saturated rings. The first-order chi connectivity index (χ1) is 20.0. The van der Waals surface area contributed by atoms with Crippen LogP contribution in [0.15, 0.2) is 0 Å². The predicted molar refractivity (Wildman–Crippen MR) is 173 cm³/mol. The number of aliphatic carboxylic acids is 1. The van der Waals surface area contributed by atoms with Crippen LogP contribution < -0.4 is 5.32 Å². The number of aliphatic hydroxyl groups excluding tert-OH is 2. The van der Waals surface area contributed by atoms with Crippen LogP contribution in [0.2, 0.25) is 0 Å². The average molecular weight is 601 g/mol. The van der Waals surface area contributed by atoms with Crippen LogP contribution in [-0.4, -0.2) is 75.8 Å². The summed E-state index contributed by atoms with van der Waals surface area (Å²) in [5.41, 5.74) is -0.695. The molecule has 0 unspecified atom stereocenters. The number of ether oxygens (including phenoxy) is 1. The van der Waals surface area contributed by atoms with Gasteiger partial charge in [-0.3, -0.25) is 4.90 Å². The largest absolute Gasteiger partial charge is 0.480 e.